The molecule has 1 saturated heterocycles. The Morgan fingerprint density at radius 1 is 1.50 bits per heavy atom. The molecule has 2 N–H and O–H groups in total. The molecule has 3 nitrogen and oxygen atoms in total. The van der Waals surface area contributed by atoms with Crippen molar-refractivity contribution >= 4 is 5.69 Å². The highest BCUT2D eigenvalue weighted by atomic mass is 19.1. The fourth-order valence-electron chi connectivity index (χ4n) is 2.76. The van der Waals surface area contributed by atoms with Crippen molar-refractivity contribution in [1.82, 2.24) is 0 Å². The van der Waals surface area contributed by atoms with Crippen LogP contribution in [-0.4, -0.2) is 31.3 Å². The molecule has 0 aromatic heterocycles. The second-order valence-electron chi connectivity index (χ2n) is 5.83. The summed E-state index contributed by atoms with van der Waals surface area (Å²) < 4.78 is 20.1. The summed E-state index contributed by atoms with van der Waals surface area (Å²) >= 11 is 0. The van der Waals surface area contributed by atoms with Gasteiger partial charge >= 0.3 is 0 Å². The van der Waals surface area contributed by atoms with Gasteiger partial charge in [-0.05, 0) is 44.4 Å². The van der Waals surface area contributed by atoms with E-state index in [0.29, 0.717) is 18.7 Å². The average Bonchev–Trinajstić information content (AvgIpc) is 2.38. The summed E-state index contributed by atoms with van der Waals surface area (Å²) in [4.78, 5) is 2.14. The van der Waals surface area contributed by atoms with Gasteiger partial charge in [-0.1, -0.05) is 13.0 Å². The van der Waals surface area contributed by atoms with Crippen molar-refractivity contribution in [1.29, 1.82) is 0 Å². The summed E-state index contributed by atoms with van der Waals surface area (Å²) in [5.74, 6) is -0.157. The van der Waals surface area contributed by atoms with Crippen LogP contribution >= 0.6 is 0 Å². The summed E-state index contributed by atoms with van der Waals surface area (Å²) in [6, 6.07) is 5.78. The molecule has 112 valence electrons. The van der Waals surface area contributed by atoms with Crippen LogP contribution in [0.5, 0.6) is 0 Å². The molecule has 1 heterocycles. The second-order valence-corrected chi connectivity index (χ2v) is 5.83. The lowest BCUT2D eigenvalue weighted by Crippen LogP contribution is -2.49. The van der Waals surface area contributed by atoms with E-state index in [2.05, 4.69) is 11.8 Å². The Morgan fingerprint density at radius 3 is 2.85 bits per heavy atom. The van der Waals surface area contributed by atoms with E-state index < -0.39 is 0 Å². The van der Waals surface area contributed by atoms with E-state index in [4.69, 9.17) is 10.5 Å². The Kier molecular flexibility index (Phi) is 5.00. The van der Waals surface area contributed by atoms with Crippen LogP contribution < -0.4 is 10.6 Å². The lowest BCUT2D eigenvalue weighted by molar-refractivity contribution is 0.0297. The summed E-state index contributed by atoms with van der Waals surface area (Å²) in [7, 11) is 0. The molecular weight excluding hydrogens is 255 g/mol. The summed E-state index contributed by atoms with van der Waals surface area (Å²) in [5.41, 5.74) is 7.40. The second kappa shape index (κ2) is 6.55. The topological polar surface area (TPSA) is 38.5 Å². The fourth-order valence-corrected chi connectivity index (χ4v) is 2.76. The number of morpholine rings is 1. The quantitative estimate of drug-likeness (QED) is 0.921. The highest BCUT2D eigenvalue weighted by Gasteiger charge is 2.27. The first kappa shape index (κ1) is 15.3. The molecule has 1 fully saturated rings. The molecule has 0 amide bonds. The van der Waals surface area contributed by atoms with Gasteiger partial charge in [0, 0.05) is 12.6 Å². The van der Waals surface area contributed by atoms with Gasteiger partial charge in [-0.15, -0.1) is 0 Å². The van der Waals surface area contributed by atoms with E-state index in [1.807, 2.05) is 26.0 Å². The lowest BCUT2D eigenvalue weighted by Gasteiger charge is -2.40. The maximum atomic E-state index is 14.4. The number of hydrogen-bond acceptors (Lipinski definition) is 3. The van der Waals surface area contributed by atoms with Crippen LogP contribution in [0.4, 0.5) is 10.1 Å². The highest BCUT2D eigenvalue weighted by molar-refractivity contribution is 5.50. The Morgan fingerprint density at radius 2 is 2.25 bits per heavy atom. The van der Waals surface area contributed by atoms with Crippen molar-refractivity contribution < 1.29 is 9.13 Å². The Labute approximate surface area is 120 Å². The van der Waals surface area contributed by atoms with E-state index in [9.17, 15) is 4.39 Å². The van der Waals surface area contributed by atoms with E-state index in [1.54, 1.807) is 6.07 Å². The van der Waals surface area contributed by atoms with Gasteiger partial charge in [-0.2, -0.15) is 0 Å². The molecule has 3 unspecified atom stereocenters. The summed E-state index contributed by atoms with van der Waals surface area (Å²) in [6.45, 7) is 7.48. The maximum absolute atomic E-state index is 14.4. The van der Waals surface area contributed by atoms with Gasteiger partial charge in [0.15, 0.2) is 0 Å². The maximum Gasteiger partial charge on any atom is 0.146 e. The first-order valence-corrected chi connectivity index (χ1v) is 7.43. The number of benzene rings is 1. The van der Waals surface area contributed by atoms with Gasteiger partial charge < -0.3 is 15.4 Å². The number of nitrogens with zero attached hydrogens (tertiary/aromatic N) is 1. The van der Waals surface area contributed by atoms with Crippen molar-refractivity contribution in [2.75, 3.05) is 18.1 Å². The van der Waals surface area contributed by atoms with Gasteiger partial charge in [-0.3, -0.25) is 0 Å². The molecule has 0 bridgehead atoms. The Balaban J connectivity index is 2.22. The zero-order valence-corrected chi connectivity index (χ0v) is 12.6. The highest BCUT2D eigenvalue weighted by Crippen LogP contribution is 2.27. The van der Waals surface area contributed by atoms with Crippen LogP contribution in [0, 0.1) is 5.82 Å². The van der Waals surface area contributed by atoms with Gasteiger partial charge in [-0.25, -0.2) is 4.39 Å². The number of nitrogens with two attached hydrogens (primary N) is 1. The molecule has 1 aromatic rings. The van der Waals surface area contributed by atoms with Gasteiger partial charge in [0.1, 0.15) is 5.82 Å². The molecule has 20 heavy (non-hydrogen) atoms. The van der Waals surface area contributed by atoms with Crippen molar-refractivity contribution in [3.8, 4) is 0 Å². The smallest absolute Gasteiger partial charge is 0.146 e. The van der Waals surface area contributed by atoms with Crippen LogP contribution in [0.3, 0.4) is 0 Å². The molecule has 1 aromatic carbocycles. The minimum Gasteiger partial charge on any atom is -0.375 e. The molecule has 1 aliphatic rings. The van der Waals surface area contributed by atoms with E-state index >= 15 is 0 Å². The first-order valence-electron chi connectivity index (χ1n) is 7.43. The molecule has 3 atom stereocenters. The predicted octanol–water partition coefficient (Wildman–Crippen LogP) is 2.72. The molecule has 0 radical (unpaired) electrons. The first-order chi connectivity index (χ1) is 9.51. The largest absolute Gasteiger partial charge is 0.375 e. The number of halogens is 1. The van der Waals surface area contributed by atoms with Gasteiger partial charge in [0.2, 0.25) is 0 Å². The third-order valence-corrected chi connectivity index (χ3v) is 3.82. The third kappa shape index (κ3) is 3.49. The average molecular weight is 280 g/mol. The molecule has 4 heteroatoms. The molecule has 1 aliphatic heterocycles. The van der Waals surface area contributed by atoms with Crippen LogP contribution in [0.15, 0.2) is 18.2 Å². The van der Waals surface area contributed by atoms with Crippen molar-refractivity contribution in [3.05, 3.63) is 29.6 Å². The van der Waals surface area contributed by atoms with Crippen molar-refractivity contribution in [2.45, 2.75) is 51.8 Å². The van der Waals surface area contributed by atoms with Crippen LogP contribution in [0.25, 0.3) is 0 Å². The molecular formula is C16H25FN2O. The normalized spacial score (nSPS) is 24.8. The van der Waals surface area contributed by atoms with E-state index in [1.165, 1.54) is 0 Å². The van der Waals surface area contributed by atoms with Crippen LogP contribution in [-0.2, 0) is 11.2 Å². The number of hydrogen-bond donors (Lipinski definition) is 1. The summed E-state index contributed by atoms with van der Waals surface area (Å²) in [5, 5.41) is 0. The van der Waals surface area contributed by atoms with Crippen molar-refractivity contribution in [2.24, 2.45) is 5.73 Å². The van der Waals surface area contributed by atoms with E-state index in [-0.39, 0.29) is 24.0 Å². The van der Waals surface area contributed by atoms with Crippen LogP contribution in [0.2, 0.25) is 0 Å². The zero-order chi connectivity index (χ0) is 14.7. The SMILES string of the molecule is CCC1COC(C)CN1c1ccc(CC(C)N)cc1F. The monoisotopic (exact) mass is 280 g/mol. The number of rotatable bonds is 4. The van der Waals surface area contributed by atoms with Gasteiger partial charge in [0.25, 0.3) is 0 Å². The summed E-state index contributed by atoms with van der Waals surface area (Å²) in [6.07, 6.45) is 1.79. The van der Waals surface area contributed by atoms with Crippen LogP contribution in [0.1, 0.15) is 32.8 Å². The van der Waals surface area contributed by atoms with Crippen molar-refractivity contribution in [3.63, 3.8) is 0 Å². The fraction of sp³-hybridized carbons (Fsp3) is 0.625. The minimum absolute atomic E-state index is 0.0482. The minimum atomic E-state index is -0.157. The van der Waals surface area contributed by atoms with Gasteiger partial charge in [0.05, 0.1) is 24.4 Å². The molecule has 2 rings (SSSR count). The Hall–Kier alpha value is -1.13. The standard InChI is InChI=1S/C16H25FN2O/c1-4-14-10-20-12(3)9-19(14)16-6-5-13(7-11(2)18)8-15(16)17/h5-6,8,11-12,14H,4,7,9-10,18H2,1-3H3. The zero-order valence-electron chi connectivity index (χ0n) is 12.6. The van der Waals surface area contributed by atoms with E-state index in [0.717, 1.165) is 18.5 Å². The lowest BCUT2D eigenvalue weighted by atomic mass is 10.0. The predicted molar refractivity (Wildman–Crippen MR) is 80.6 cm³/mol. The molecule has 0 spiro atoms. The number of anilines is 1. The third-order valence-electron chi connectivity index (χ3n) is 3.82. The Bertz CT molecular complexity index is 450. The number of ether oxygens (including phenoxy) is 1. The molecule has 0 aliphatic carbocycles. The molecule has 0 saturated carbocycles.